The molecule has 0 unspecified atom stereocenters. The predicted molar refractivity (Wildman–Crippen MR) is 90.5 cm³/mol. The maximum atomic E-state index is 5.44. The first-order valence-electron chi connectivity index (χ1n) is 7.44. The van der Waals surface area contributed by atoms with Crippen molar-refractivity contribution in [1.29, 1.82) is 0 Å². The number of anilines is 1. The Bertz CT molecular complexity index is 459. The third kappa shape index (κ3) is 4.86. The second-order valence-corrected chi connectivity index (χ2v) is 5.77. The second kappa shape index (κ2) is 8.20. The van der Waals surface area contributed by atoms with Crippen LogP contribution in [0.15, 0.2) is 24.3 Å². The first-order valence-corrected chi connectivity index (χ1v) is 7.85. The minimum Gasteiger partial charge on any atom is -0.495 e. The fourth-order valence-electron chi connectivity index (χ4n) is 2.61. The van der Waals surface area contributed by atoms with Crippen molar-refractivity contribution < 1.29 is 9.47 Å². The lowest BCUT2D eigenvalue weighted by molar-refractivity contribution is 0.221. The third-order valence-electron chi connectivity index (χ3n) is 3.72. The molecule has 1 heterocycles. The van der Waals surface area contributed by atoms with Crippen LogP contribution >= 0.6 is 12.2 Å². The number of rotatable bonds is 6. The highest BCUT2D eigenvalue weighted by molar-refractivity contribution is 7.80. The van der Waals surface area contributed by atoms with E-state index >= 15 is 0 Å². The minimum atomic E-state index is 0.635. The minimum absolute atomic E-state index is 0.635. The second-order valence-electron chi connectivity index (χ2n) is 5.19. The maximum absolute atomic E-state index is 5.44. The van der Waals surface area contributed by atoms with E-state index in [4.69, 9.17) is 21.7 Å². The van der Waals surface area contributed by atoms with Crippen molar-refractivity contribution in [3.05, 3.63) is 24.3 Å². The zero-order valence-corrected chi connectivity index (χ0v) is 13.7. The first kappa shape index (κ1) is 16.0. The molecule has 0 aromatic heterocycles. The Morgan fingerprint density at radius 1 is 1.19 bits per heavy atom. The van der Waals surface area contributed by atoms with E-state index in [0.717, 1.165) is 51.5 Å². The number of hydrogen-bond acceptors (Lipinski definition) is 5. The summed E-state index contributed by atoms with van der Waals surface area (Å²) in [6, 6.07) is 8.23. The van der Waals surface area contributed by atoms with E-state index in [1.54, 1.807) is 7.11 Å². The van der Waals surface area contributed by atoms with Crippen LogP contribution in [0.2, 0.25) is 0 Å². The summed E-state index contributed by atoms with van der Waals surface area (Å²) in [5, 5.41) is 0.635. The van der Waals surface area contributed by atoms with Crippen molar-refractivity contribution in [1.82, 2.24) is 4.90 Å². The van der Waals surface area contributed by atoms with Gasteiger partial charge in [0.05, 0.1) is 19.4 Å². The van der Waals surface area contributed by atoms with Crippen molar-refractivity contribution in [2.45, 2.75) is 13.3 Å². The largest absolute Gasteiger partial charge is 0.495 e. The molecule has 1 fully saturated rings. The molecule has 1 aliphatic heterocycles. The number of nitrogens with zero attached hydrogens (tertiary/aromatic N) is 2. The van der Waals surface area contributed by atoms with Crippen molar-refractivity contribution >= 4 is 23.0 Å². The van der Waals surface area contributed by atoms with Gasteiger partial charge in [-0.15, -0.1) is 0 Å². The van der Waals surface area contributed by atoms with Gasteiger partial charge in [0.15, 0.2) is 5.05 Å². The lowest BCUT2D eigenvalue weighted by atomic mass is 10.2. The molecule has 0 spiro atoms. The molecule has 0 amide bonds. The van der Waals surface area contributed by atoms with E-state index in [2.05, 4.69) is 21.9 Å². The summed E-state index contributed by atoms with van der Waals surface area (Å²) in [6.07, 6.45) is 1.03. The lowest BCUT2D eigenvalue weighted by Gasteiger charge is -2.36. The Kier molecular flexibility index (Phi) is 6.26. The molecular weight excluding hydrogens is 284 g/mol. The van der Waals surface area contributed by atoms with Gasteiger partial charge in [-0.05, 0) is 30.8 Å². The Morgan fingerprint density at radius 2 is 1.90 bits per heavy atom. The lowest BCUT2D eigenvalue weighted by Crippen LogP contribution is -2.46. The summed E-state index contributed by atoms with van der Waals surface area (Å²) >= 11 is 4.90. The topological polar surface area (TPSA) is 24.9 Å². The highest BCUT2D eigenvalue weighted by Crippen LogP contribution is 2.28. The molecule has 1 aliphatic rings. The average Bonchev–Trinajstić information content (AvgIpc) is 2.52. The Hall–Kier alpha value is -1.33. The van der Waals surface area contributed by atoms with Crippen molar-refractivity contribution in [2.75, 3.05) is 51.3 Å². The van der Waals surface area contributed by atoms with Gasteiger partial charge in [0.25, 0.3) is 0 Å². The van der Waals surface area contributed by atoms with Crippen molar-refractivity contribution in [2.24, 2.45) is 0 Å². The molecular formula is C16H24N2O2S. The molecule has 116 valence electrons. The molecule has 0 saturated carbocycles. The van der Waals surface area contributed by atoms with E-state index in [1.807, 2.05) is 19.1 Å². The van der Waals surface area contributed by atoms with Crippen molar-refractivity contribution in [3.63, 3.8) is 0 Å². The fraction of sp³-hybridized carbons (Fsp3) is 0.562. The van der Waals surface area contributed by atoms with Gasteiger partial charge in [-0.1, -0.05) is 12.1 Å². The van der Waals surface area contributed by atoms with Gasteiger partial charge >= 0.3 is 0 Å². The van der Waals surface area contributed by atoms with Gasteiger partial charge in [0, 0.05) is 39.6 Å². The highest BCUT2D eigenvalue weighted by atomic mass is 32.1. The van der Waals surface area contributed by atoms with Crippen LogP contribution in [-0.4, -0.2) is 56.4 Å². The van der Waals surface area contributed by atoms with Crippen LogP contribution in [0.3, 0.4) is 0 Å². The monoisotopic (exact) mass is 308 g/mol. The molecule has 1 aromatic carbocycles. The average molecular weight is 308 g/mol. The number of thiocarbonyl (C=S) groups is 1. The number of hydrogen-bond donors (Lipinski definition) is 0. The zero-order valence-electron chi connectivity index (χ0n) is 12.9. The number of para-hydroxylation sites is 2. The van der Waals surface area contributed by atoms with Crippen LogP contribution in [0.4, 0.5) is 5.69 Å². The van der Waals surface area contributed by atoms with E-state index in [9.17, 15) is 0 Å². The van der Waals surface area contributed by atoms with E-state index < -0.39 is 0 Å². The molecule has 5 heteroatoms. The van der Waals surface area contributed by atoms with E-state index in [0.29, 0.717) is 5.05 Å². The Balaban J connectivity index is 1.76. The molecule has 0 atom stereocenters. The summed E-state index contributed by atoms with van der Waals surface area (Å²) in [5.41, 5.74) is 1.19. The summed E-state index contributed by atoms with van der Waals surface area (Å²) in [5.74, 6) is 0.954. The van der Waals surface area contributed by atoms with Gasteiger partial charge in [-0.25, -0.2) is 0 Å². The van der Waals surface area contributed by atoms with Gasteiger partial charge < -0.3 is 14.4 Å². The highest BCUT2D eigenvalue weighted by Gasteiger charge is 2.18. The Labute approximate surface area is 132 Å². The Morgan fingerprint density at radius 3 is 2.57 bits per heavy atom. The molecule has 0 aliphatic carbocycles. The molecule has 4 nitrogen and oxygen atoms in total. The van der Waals surface area contributed by atoms with Crippen molar-refractivity contribution in [3.8, 4) is 5.75 Å². The van der Waals surface area contributed by atoms with Crippen LogP contribution in [0.25, 0.3) is 0 Å². The van der Waals surface area contributed by atoms with Crippen LogP contribution in [0.1, 0.15) is 13.3 Å². The van der Waals surface area contributed by atoms with Crippen LogP contribution in [0, 0.1) is 0 Å². The van der Waals surface area contributed by atoms with Gasteiger partial charge in [0.2, 0.25) is 0 Å². The van der Waals surface area contributed by atoms with Gasteiger partial charge in [0.1, 0.15) is 5.75 Å². The molecule has 1 saturated heterocycles. The summed E-state index contributed by atoms with van der Waals surface area (Å²) in [7, 11) is 1.73. The third-order valence-corrected chi connectivity index (χ3v) is 3.84. The smallest absolute Gasteiger partial charge is 0.156 e. The summed E-state index contributed by atoms with van der Waals surface area (Å²) in [6.45, 7) is 7.84. The number of benzene rings is 1. The van der Waals surface area contributed by atoms with Crippen LogP contribution < -0.4 is 9.64 Å². The van der Waals surface area contributed by atoms with Gasteiger partial charge in [-0.3, -0.25) is 4.90 Å². The predicted octanol–water partition coefficient (Wildman–Crippen LogP) is 2.57. The molecule has 2 rings (SSSR count). The van der Waals surface area contributed by atoms with Gasteiger partial charge in [-0.2, -0.15) is 0 Å². The first-order chi connectivity index (χ1) is 10.2. The molecule has 0 N–H and O–H groups in total. The van der Waals surface area contributed by atoms with E-state index in [-0.39, 0.29) is 0 Å². The maximum Gasteiger partial charge on any atom is 0.156 e. The van der Waals surface area contributed by atoms with Crippen LogP contribution in [0.5, 0.6) is 5.75 Å². The van der Waals surface area contributed by atoms with Crippen LogP contribution in [-0.2, 0) is 4.74 Å². The summed E-state index contributed by atoms with van der Waals surface area (Å²) < 4.78 is 10.8. The fourth-order valence-corrected chi connectivity index (χ4v) is 2.69. The molecule has 0 bridgehead atoms. The summed E-state index contributed by atoms with van der Waals surface area (Å²) in [4.78, 5) is 4.88. The standard InChI is InChI=1S/C16H24N2O2S/c1-14(21)20-13-5-8-17-9-11-18(12-10-17)15-6-3-4-7-16(15)19-2/h3-4,6-7H,5,8-13H2,1-2H3. The quantitative estimate of drug-likeness (QED) is 0.594. The SMILES string of the molecule is COc1ccccc1N1CCN(CCCOC(C)=S)CC1. The van der Waals surface area contributed by atoms with E-state index in [1.165, 1.54) is 5.69 Å². The molecule has 21 heavy (non-hydrogen) atoms. The molecule has 1 aromatic rings. The number of piperazine rings is 1. The zero-order chi connectivity index (χ0) is 15.1. The number of ether oxygens (including phenoxy) is 2. The normalized spacial score (nSPS) is 15.8. The number of methoxy groups -OCH3 is 1. The molecule has 0 radical (unpaired) electrons.